The van der Waals surface area contributed by atoms with Crippen LogP contribution in [0.25, 0.3) is 0 Å². The number of hydrogen-bond acceptors (Lipinski definition) is 4. The molecule has 0 bridgehead atoms. The van der Waals surface area contributed by atoms with Crippen molar-refractivity contribution in [2.75, 3.05) is 12.8 Å². The van der Waals surface area contributed by atoms with Gasteiger partial charge in [-0.3, -0.25) is 0 Å². The highest BCUT2D eigenvalue weighted by Crippen LogP contribution is 2.24. The van der Waals surface area contributed by atoms with Crippen LogP contribution >= 0.6 is 0 Å². The van der Waals surface area contributed by atoms with Gasteiger partial charge in [-0.1, -0.05) is 0 Å². The minimum atomic E-state index is -1.30. The van der Waals surface area contributed by atoms with Gasteiger partial charge in [-0.25, -0.2) is 9.59 Å². The summed E-state index contributed by atoms with van der Waals surface area (Å²) in [6.45, 7) is 0. The number of carbonyl (C=O) groups is 2. The fourth-order valence-corrected chi connectivity index (χ4v) is 1.10. The van der Waals surface area contributed by atoms with Gasteiger partial charge in [0, 0.05) is 0 Å². The monoisotopic (exact) mass is 211 g/mol. The molecular formula is C9H9NO5. The summed E-state index contributed by atoms with van der Waals surface area (Å²) in [4.78, 5) is 21.5. The first kappa shape index (κ1) is 10.8. The minimum Gasteiger partial charge on any atom is -0.497 e. The highest BCUT2D eigenvalue weighted by molar-refractivity contribution is 6.03. The molecule has 1 aromatic rings. The van der Waals surface area contributed by atoms with E-state index in [9.17, 15) is 9.59 Å². The van der Waals surface area contributed by atoms with E-state index in [1.165, 1.54) is 19.2 Å². The van der Waals surface area contributed by atoms with E-state index in [1.54, 1.807) is 0 Å². The Kier molecular flexibility index (Phi) is 2.80. The van der Waals surface area contributed by atoms with E-state index in [0.29, 0.717) is 0 Å². The zero-order valence-corrected chi connectivity index (χ0v) is 7.85. The van der Waals surface area contributed by atoms with Crippen LogP contribution in [0.4, 0.5) is 5.69 Å². The second-order valence-corrected chi connectivity index (χ2v) is 2.75. The zero-order valence-electron chi connectivity index (χ0n) is 7.85. The molecular weight excluding hydrogens is 202 g/mol. The number of nitrogen functional groups attached to an aromatic ring is 1. The molecule has 6 nitrogen and oxygen atoms in total. The average molecular weight is 211 g/mol. The van der Waals surface area contributed by atoms with Gasteiger partial charge in [0.25, 0.3) is 0 Å². The van der Waals surface area contributed by atoms with Crippen molar-refractivity contribution < 1.29 is 24.5 Å². The number of carboxylic acid groups (broad SMARTS) is 2. The number of benzene rings is 1. The number of anilines is 1. The average Bonchev–Trinajstić information content (AvgIpc) is 2.17. The van der Waals surface area contributed by atoms with Crippen molar-refractivity contribution in [2.24, 2.45) is 0 Å². The van der Waals surface area contributed by atoms with Crippen molar-refractivity contribution in [1.29, 1.82) is 0 Å². The van der Waals surface area contributed by atoms with Gasteiger partial charge in [0.05, 0.1) is 23.9 Å². The molecule has 0 radical (unpaired) electrons. The number of aromatic carboxylic acids is 2. The molecule has 0 unspecified atom stereocenters. The summed E-state index contributed by atoms with van der Waals surface area (Å²) >= 11 is 0. The Morgan fingerprint density at radius 2 is 1.60 bits per heavy atom. The zero-order chi connectivity index (χ0) is 11.6. The van der Waals surface area contributed by atoms with E-state index in [0.717, 1.165) is 0 Å². The second-order valence-electron chi connectivity index (χ2n) is 2.75. The summed E-state index contributed by atoms with van der Waals surface area (Å²) in [6.07, 6.45) is 0. The summed E-state index contributed by atoms with van der Waals surface area (Å²) < 4.78 is 4.77. The molecule has 0 heterocycles. The van der Waals surface area contributed by atoms with Crippen molar-refractivity contribution in [3.05, 3.63) is 23.3 Å². The molecule has 0 aliphatic heterocycles. The molecule has 0 saturated carbocycles. The molecule has 4 N–H and O–H groups in total. The lowest BCUT2D eigenvalue weighted by molar-refractivity contribution is 0.0696. The molecule has 0 amide bonds. The van der Waals surface area contributed by atoms with Crippen molar-refractivity contribution in [1.82, 2.24) is 0 Å². The summed E-state index contributed by atoms with van der Waals surface area (Å²) in [5.41, 5.74) is 4.54. The number of hydrogen-bond donors (Lipinski definition) is 3. The van der Waals surface area contributed by atoms with E-state index in [4.69, 9.17) is 20.7 Å². The van der Waals surface area contributed by atoms with Crippen LogP contribution in [-0.4, -0.2) is 29.3 Å². The maximum Gasteiger partial charge on any atom is 0.337 e. The van der Waals surface area contributed by atoms with Gasteiger partial charge in [-0.15, -0.1) is 0 Å². The number of rotatable bonds is 3. The first-order chi connectivity index (χ1) is 6.97. The molecule has 80 valence electrons. The summed E-state index contributed by atoms with van der Waals surface area (Å²) in [5.74, 6) is -2.46. The van der Waals surface area contributed by atoms with Crippen LogP contribution in [-0.2, 0) is 0 Å². The maximum absolute atomic E-state index is 10.7. The van der Waals surface area contributed by atoms with Gasteiger partial charge in [-0.2, -0.15) is 0 Å². The Bertz CT molecular complexity index is 392. The number of ether oxygens (including phenoxy) is 1. The first-order valence-corrected chi connectivity index (χ1v) is 3.91. The third-order valence-electron chi connectivity index (χ3n) is 1.85. The third kappa shape index (κ3) is 1.98. The molecule has 6 heteroatoms. The van der Waals surface area contributed by atoms with E-state index < -0.39 is 11.9 Å². The van der Waals surface area contributed by atoms with Gasteiger partial charge in [-0.05, 0) is 12.1 Å². The van der Waals surface area contributed by atoms with Crippen LogP contribution < -0.4 is 10.5 Å². The molecule has 0 fully saturated rings. The Balaban J connectivity index is 3.47. The predicted molar refractivity (Wildman–Crippen MR) is 51.3 cm³/mol. The van der Waals surface area contributed by atoms with Crippen LogP contribution in [0.1, 0.15) is 20.7 Å². The van der Waals surface area contributed by atoms with Crippen molar-refractivity contribution >= 4 is 17.6 Å². The molecule has 0 atom stereocenters. The molecule has 0 aliphatic rings. The molecule has 0 spiro atoms. The minimum absolute atomic E-state index is 0.138. The topological polar surface area (TPSA) is 110 Å². The Hall–Kier alpha value is -2.24. The van der Waals surface area contributed by atoms with Gasteiger partial charge in [0.2, 0.25) is 0 Å². The smallest absolute Gasteiger partial charge is 0.337 e. The van der Waals surface area contributed by atoms with Crippen LogP contribution in [0.2, 0.25) is 0 Å². The SMILES string of the molecule is COc1cc(C(=O)O)c(N)c(C(=O)O)c1. The van der Waals surface area contributed by atoms with E-state index in [2.05, 4.69) is 0 Å². The van der Waals surface area contributed by atoms with E-state index >= 15 is 0 Å². The Labute approximate surface area is 84.9 Å². The third-order valence-corrected chi connectivity index (χ3v) is 1.85. The van der Waals surface area contributed by atoms with Crippen molar-refractivity contribution in [2.45, 2.75) is 0 Å². The van der Waals surface area contributed by atoms with Gasteiger partial charge in [0.15, 0.2) is 0 Å². The van der Waals surface area contributed by atoms with E-state index in [1.807, 2.05) is 0 Å². The fourth-order valence-electron chi connectivity index (χ4n) is 1.10. The van der Waals surface area contributed by atoms with Crippen LogP contribution in [0, 0.1) is 0 Å². The quantitative estimate of drug-likeness (QED) is 0.634. The van der Waals surface area contributed by atoms with Gasteiger partial charge >= 0.3 is 11.9 Å². The van der Waals surface area contributed by atoms with Crippen molar-refractivity contribution in [3.63, 3.8) is 0 Å². The highest BCUT2D eigenvalue weighted by Gasteiger charge is 2.18. The van der Waals surface area contributed by atoms with Crippen LogP contribution in [0.15, 0.2) is 12.1 Å². The van der Waals surface area contributed by atoms with Gasteiger partial charge < -0.3 is 20.7 Å². The summed E-state index contributed by atoms with van der Waals surface area (Å²) in [7, 11) is 1.31. The van der Waals surface area contributed by atoms with Crippen LogP contribution in [0.3, 0.4) is 0 Å². The lowest BCUT2D eigenvalue weighted by atomic mass is 10.1. The standard InChI is InChI=1S/C9H9NO5/c1-15-4-2-5(8(11)12)7(10)6(3-4)9(13)14/h2-3H,10H2,1H3,(H,11,12)(H,13,14). The summed E-state index contributed by atoms with van der Waals surface area (Å²) in [5, 5.41) is 17.5. The molecule has 1 aromatic carbocycles. The first-order valence-electron chi connectivity index (χ1n) is 3.91. The molecule has 0 saturated heterocycles. The Morgan fingerprint density at radius 1 is 1.20 bits per heavy atom. The highest BCUT2D eigenvalue weighted by atomic mass is 16.5. The number of methoxy groups -OCH3 is 1. The molecule has 15 heavy (non-hydrogen) atoms. The van der Waals surface area contributed by atoms with Gasteiger partial charge in [0.1, 0.15) is 5.75 Å². The number of carboxylic acids is 2. The van der Waals surface area contributed by atoms with E-state index in [-0.39, 0.29) is 22.6 Å². The fraction of sp³-hybridized carbons (Fsp3) is 0.111. The van der Waals surface area contributed by atoms with Crippen LogP contribution in [0.5, 0.6) is 5.75 Å². The maximum atomic E-state index is 10.7. The van der Waals surface area contributed by atoms with Crippen molar-refractivity contribution in [3.8, 4) is 5.75 Å². The number of nitrogens with two attached hydrogens (primary N) is 1. The summed E-state index contributed by atoms with van der Waals surface area (Å²) in [6, 6.07) is 2.34. The predicted octanol–water partition coefficient (Wildman–Crippen LogP) is 0.674. The largest absolute Gasteiger partial charge is 0.497 e. The lowest BCUT2D eigenvalue weighted by Crippen LogP contribution is -2.09. The molecule has 1 rings (SSSR count). The lowest BCUT2D eigenvalue weighted by Gasteiger charge is -2.07. The molecule has 0 aliphatic carbocycles. The second kappa shape index (κ2) is 3.87. The molecule has 0 aromatic heterocycles. The normalized spacial score (nSPS) is 9.67. The Morgan fingerprint density at radius 3 is 1.87 bits per heavy atom.